The molecule has 5 rings (SSSR count). The third kappa shape index (κ3) is 2.59. The van der Waals surface area contributed by atoms with Gasteiger partial charge in [0.15, 0.2) is 5.78 Å². The van der Waals surface area contributed by atoms with Crippen LogP contribution in [0.5, 0.6) is 0 Å². The van der Waals surface area contributed by atoms with E-state index in [0.717, 1.165) is 44.9 Å². The molecule has 4 bridgehead atoms. The highest BCUT2D eigenvalue weighted by Crippen LogP contribution is 2.65. The first-order valence-corrected chi connectivity index (χ1v) is 9.54. The van der Waals surface area contributed by atoms with Crippen LogP contribution in [-0.2, 0) is 4.79 Å². The molecule has 4 N–H and O–H groups in total. The van der Waals surface area contributed by atoms with Gasteiger partial charge in [0, 0.05) is 16.6 Å². The minimum atomic E-state index is -1.41. The summed E-state index contributed by atoms with van der Waals surface area (Å²) in [5.41, 5.74) is 6.40. The van der Waals surface area contributed by atoms with Crippen LogP contribution in [0.4, 0.5) is 0 Å². The minimum absolute atomic E-state index is 0.0582. The van der Waals surface area contributed by atoms with Crippen LogP contribution in [0.25, 0.3) is 0 Å². The zero-order valence-corrected chi connectivity index (χ0v) is 14.3. The number of rotatable bonds is 4. The Kier molecular flexibility index (Phi) is 3.88. The molecule has 0 amide bonds. The van der Waals surface area contributed by atoms with Gasteiger partial charge in [-0.25, -0.2) is 0 Å². The number of ketones is 1. The first kappa shape index (κ1) is 16.4. The lowest BCUT2D eigenvalue weighted by Gasteiger charge is -2.61. The molecule has 0 saturated heterocycles. The van der Waals surface area contributed by atoms with Gasteiger partial charge in [-0.05, 0) is 62.2 Å². The van der Waals surface area contributed by atoms with Crippen molar-refractivity contribution in [3.8, 4) is 0 Å². The highest BCUT2D eigenvalue weighted by Gasteiger charge is 2.60. The smallest absolute Gasteiger partial charge is 0.427 e. The van der Waals surface area contributed by atoms with E-state index in [2.05, 4.69) is 0 Å². The van der Waals surface area contributed by atoms with Crippen molar-refractivity contribution in [1.82, 2.24) is 0 Å². The molecule has 128 valence electrons. The summed E-state index contributed by atoms with van der Waals surface area (Å²) in [6, 6.07) is -0.490. The van der Waals surface area contributed by atoms with E-state index < -0.39 is 13.2 Å². The van der Waals surface area contributed by atoms with Crippen LogP contribution in [0, 0.1) is 23.2 Å². The fourth-order valence-corrected chi connectivity index (χ4v) is 7.52. The van der Waals surface area contributed by atoms with E-state index in [4.69, 9.17) is 17.3 Å². The molecule has 0 aromatic carbocycles. The molecule has 0 aromatic heterocycles. The second kappa shape index (κ2) is 5.45. The average molecular weight is 340 g/mol. The Morgan fingerprint density at radius 3 is 2.39 bits per heavy atom. The third-order valence-corrected chi connectivity index (χ3v) is 7.76. The quantitative estimate of drug-likeness (QED) is 0.541. The van der Waals surface area contributed by atoms with Gasteiger partial charge in [-0.1, -0.05) is 12.8 Å². The molecule has 5 aliphatic rings. The molecule has 5 fully saturated rings. The lowest BCUT2D eigenvalue weighted by atomic mass is 9.46. The molecule has 4 nitrogen and oxygen atoms in total. The lowest BCUT2D eigenvalue weighted by Crippen LogP contribution is -2.62. The van der Waals surface area contributed by atoms with E-state index in [1.54, 1.807) is 0 Å². The van der Waals surface area contributed by atoms with Gasteiger partial charge in [-0.3, -0.25) is 4.79 Å². The van der Waals surface area contributed by atoms with Gasteiger partial charge in [0.05, 0.1) is 6.04 Å². The Balaban J connectivity index is 1.57. The summed E-state index contributed by atoms with van der Waals surface area (Å²) in [5, 5.41) is 19.1. The summed E-state index contributed by atoms with van der Waals surface area (Å²) in [7, 11) is -1.41. The standard InChI is InChI=1S/C17H27BClNO3/c19-17-7-10-4-11(8-17)6-16(5-10,9-17)15(20)14(21)12-2-1-3-13(12)18(22)23/h10-13,15,22-23H,1-9,20H2/t10?,11?,12?,13-,15-,16?,17?/m1/s1. The van der Waals surface area contributed by atoms with E-state index in [1.807, 2.05) is 0 Å². The van der Waals surface area contributed by atoms with E-state index in [1.165, 1.54) is 6.42 Å². The lowest BCUT2D eigenvalue weighted by molar-refractivity contribution is -0.133. The number of carbonyl (C=O) groups is 1. The topological polar surface area (TPSA) is 83.6 Å². The summed E-state index contributed by atoms with van der Waals surface area (Å²) in [6.07, 6.45) is 8.66. The second-order valence-corrected chi connectivity index (χ2v) is 9.77. The van der Waals surface area contributed by atoms with Gasteiger partial charge in [-0.2, -0.15) is 0 Å². The summed E-state index contributed by atoms with van der Waals surface area (Å²) < 4.78 is 0. The number of hydrogen-bond acceptors (Lipinski definition) is 4. The Hall–Kier alpha value is -0.0951. The molecular formula is C17H27BClNO3. The molecule has 0 aliphatic heterocycles. The number of carbonyl (C=O) groups excluding carboxylic acids is 1. The summed E-state index contributed by atoms with van der Waals surface area (Å²) in [6.45, 7) is 0. The zero-order valence-electron chi connectivity index (χ0n) is 13.6. The van der Waals surface area contributed by atoms with Crippen molar-refractivity contribution in [2.24, 2.45) is 28.9 Å². The van der Waals surface area contributed by atoms with E-state index in [0.29, 0.717) is 18.3 Å². The molecular weight excluding hydrogens is 312 g/mol. The van der Waals surface area contributed by atoms with Crippen LogP contribution in [0.2, 0.25) is 5.82 Å². The van der Waals surface area contributed by atoms with Crippen molar-refractivity contribution in [1.29, 1.82) is 0 Å². The Bertz CT molecular complexity index is 500. The monoisotopic (exact) mass is 339 g/mol. The predicted molar refractivity (Wildman–Crippen MR) is 90.0 cm³/mol. The zero-order chi connectivity index (χ0) is 16.4. The average Bonchev–Trinajstić information content (AvgIpc) is 2.92. The summed E-state index contributed by atoms with van der Waals surface area (Å²) in [5.74, 6) is 0.672. The largest absolute Gasteiger partial charge is 0.455 e. The highest BCUT2D eigenvalue weighted by atomic mass is 35.5. The van der Waals surface area contributed by atoms with Gasteiger partial charge in [-0.15, -0.1) is 11.6 Å². The number of hydrogen-bond donors (Lipinski definition) is 3. The molecule has 5 aliphatic carbocycles. The van der Waals surface area contributed by atoms with Crippen LogP contribution in [-0.4, -0.2) is 33.9 Å². The first-order chi connectivity index (χ1) is 10.8. The molecule has 0 radical (unpaired) electrons. The molecule has 0 heterocycles. The normalized spacial score (nSPS) is 49.4. The molecule has 0 spiro atoms. The molecule has 0 aromatic rings. The second-order valence-electron chi connectivity index (χ2n) is 8.97. The fraction of sp³-hybridized carbons (Fsp3) is 0.941. The Morgan fingerprint density at radius 1 is 1.17 bits per heavy atom. The molecule has 5 atom stereocenters. The first-order valence-electron chi connectivity index (χ1n) is 9.16. The molecule has 3 unspecified atom stereocenters. The fourth-order valence-electron chi connectivity index (χ4n) is 6.82. The maximum Gasteiger partial charge on any atom is 0.455 e. The Labute approximate surface area is 143 Å². The number of Topliss-reactive ketones (excluding diaryl/α,β-unsaturated/α-hetero) is 1. The third-order valence-electron chi connectivity index (χ3n) is 7.32. The van der Waals surface area contributed by atoms with Crippen LogP contribution < -0.4 is 5.73 Å². The number of halogens is 1. The van der Waals surface area contributed by atoms with Crippen LogP contribution in [0.15, 0.2) is 0 Å². The number of alkyl halides is 1. The van der Waals surface area contributed by atoms with Crippen molar-refractivity contribution in [2.75, 3.05) is 0 Å². The van der Waals surface area contributed by atoms with Gasteiger partial charge in [0.25, 0.3) is 0 Å². The van der Waals surface area contributed by atoms with Gasteiger partial charge in [0.2, 0.25) is 0 Å². The van der Waals surface area contributed by atoms with Gasteiger partial charge < -0.3 is 15.8 Å². The van der Waals surface area contributed by atoms with Gasteiger partial charge in [0.1, 0.15) is 0 Å². The van der Waals surface area contributed by atoms with Crippen molar-refractivity contribution >= 4 is 24.5 Å². The van der Waals surface area contributed by atoms with E-state index in [9.17, 15) is 14.8 Å². The number of nitrogens with two attached hydrogens (primary N) is 1. The maximum atomic E-state index is 13.1. The maximum absolute atomic E-state index is 13.1. The summed E-state index contributed by atoms with van der Waals surface area (Å²) >= 11 is 6.86. The van der Waals surface area contributed by atoms with Crippen molar-refractivity contribution < 1.29 is 14.8 Å². The van der Waals surface area contributed by atoms with Crippen LogP contribution in [0.3, 0.4) is 0 Å². The van der Waals surface area contributed by atoms with E-state index in [-0.39, 0.29) is 27.8 Å². The predicted octanol–water partition coefficient (Wildman–Crippen LogP) is 2.10. The van der Waals surface area contributed by atoms with Crippen molar-refractivity contribution in [3.05, 3.63) is 0 Å². The minimum Gasteiger partial charge on any atom is -0.427 e. The summed E-state index contributed by atoms with van der Waals surface area (Å²) in [4.78, 5) is 12.9. The SMILES string of the molecule is N[C@H](C(=O)C1CCC[C@H]1B(O)O)C12CC3CC(CC(Cl)(C3)C1)C2. The molecule has 5 saturated carbocycles. The molecule has 6 heteroatoms. The molecule has 23 heavy (non-hydrogen) atoms. The van der Waals surface area contributed by atoms with Crippen molar-refractivity contribution in [3.63, 3.8) is 0 Å². The van der Waals surface area contributed by atoms with Crippen LogP contribution >= 0.6 is 11.6 Å². The van der Waals surface area contributed by atoms with Crippen molar-refractivity contribution in [2.45, 2.75) is 74.5 Å². The van der Waals surface area contributed by atoms with Gasteiger partial charge >= 0.3 is 7.12 Å². The van der Waals surface area contributed by atoms with Crippen LogP contribution in [0.1, 0.15) is 57.8 Å². The Morgan fingerprint density at radius 2 is 1.83 bits per heavy atom. The highest BCUT2D eigenvalue weighted by molar-refractivity contribution is 6.44. The van der Waals surface area contributed by atoms with E-state index >= 15 is 0 Å².